The van der Waals surface area contributed by atoms with Crippen molar-refractivity contribution in [2.24, 2.45) is 0 Å². The Morgan fingerprint density at radius 2 is 2.10 bits per heavy atom. The first-order valence-corrected chi connectivity index (χ1v) is 7.02. The van der Waals surface area contributed by atoms with E-state index in [-0.39, 0.29) is 5.54 Å². The van der Waals surface area contributed by atoms with Crippen molar-refractivity contribution in [2.45, 2.75) is 18.4 Å². The lowest BCUT2D eigenvalue weighted by molar-refractivity contribution is 0.0773. The molecule has 1 N–H and O–H groups in total. The van der Waals surface area contributed by atoms with Crippen molar-refractivity contribution >= 4 is 5.82 Å². The van der Waals surface area contributed by atoms with Gasteiger partial charge in [0, 0.05) is 18.3 Å². The number of rotatable bonds is 4. The van der Waals surface area contributed by atoms with Crippen LogP contribution in [0.25, 0.3) is 0 Å². The minimum Gasteiger partial charge on any atom is -0.368 e. The number of piperidine rings is 1. The summed E-state index contributed by atoms with van der Waals surface area (Å²) in [4.78, 5) is 8.98. The van der Waals surface area contributed by atoms with Crippen molar-refractivity contribution in [1.82, 2.24) is 14.8 Å². The van der Waals surface area contributed by atoms with Crippen LogP contribution < -0.4 is 5.32 Å². The fourth-order valence-electron chi connectivity index (χ4n) is 2.64. The van der Waals surface area contributed by atoms with E-state index in [9.17, 15) is 0 Å². The number of aromatic nitrogens is 1. The lowest BCUT2D eigenvalue weighted by atomic mass is 9.86. The molecule has 2 rings (SSSR count). The third-order valence-electron chi connectivity index (χ3n) is 4.36. The molecule has 0 radical (unpaired) electrons. The molecule has 1 aliphatic heterocycles. The van der Waals surface area contributed by atoms with Gasteiger partial charge in [-0.1, -0.05) is 0 Å². The second kappa shape index (κ2) is 6.21. The van der Waals surface area contributed by atoms with Gasteiger partial charge in [-0.05, 0) is 59.2 Å². The maximum absolute atomic E-state index is 8.78. The van der Waals surface area contributed by atoms with E-state index in [1.54, 1.807) is 12.3 Å². The summed E-state index contributed by atoms with van der Waals surface area (Å²) in [5.74, 6) is 0.837. The van der Waals surface area contributed by atoms with Crippen LogP contribution in [0.2, 0.25) is 0 Å². The number of nitriles is 1. The first-order valence-electron chi connectivity index (χ1n) is 7.02. The Morgan fingerprint density at radius 1 is 1.40 bits per heavy atom. The second-order valence-corrected chi connectivity index (χ2v) is 5.82. The Balaban J connectivity index is 2.00. The van der Waals surface area contributed by atoms with Crippen molar-refractivity contribution in [2.75, 3.05) is 46.1 Å². The zero-order valence-corrected chi connectivity index (χ0v) is 12.6. The molecule has 0 spiro atoms. The van der Waals surface area contributed by atoms with Crippen molar-refractivity contribution in [3.63, 3.8) is 0 Å². The van der Waals surface area contributed by atoms with Crippen LogP contribution in [0, 0.1) is 11.3 Å². The highest BCUT2D eigenvalue weighted by atomic mass is 15.2. The van der Waals surface area contributed by atoms with E-state index in [1.165, 1.54) is 0 Å². The van der Waals surface area contributed by atoms with Crippen LogP contribution in [-0.4, -0.2) is 61.1 Å². The van der Waals surface area contributed by atoms with Crippen molar-refractivity contribution in [1.29, 1.82) is 5.26 Å². The highest BCUT2D eigenvalue weighted by molar-refractivity contribution is 5.39. The number of likely N-dealkylation sites (tertiary alicyclic amines) is 1. The summed E-state index contributed by atoms with van der Waals surface area (Å²) in [6.45, 7) is 3.13. The molecule has 0 aliphatic carbocycles. The molecule has 108 valence electrons. The molecule has 5 heteroatoms. The minimum atomic E-state index is 0.183. The fraction of sp³-hybridized carbons (Fsp3) is 0.600. The second-order valence-electron chi connectivity index (χ2n) is 5.82. The van der Waals surface area contributed by atoms with Gasteiger partial charge in [0.05, 0.1) is 5.56 Å². The quantitative estimate of drug-likeness (QED) is 0.898. The molecule has 0 bridgehead atoms. The topological polar surface area (TPSA) is 55.2 Å². The summed E-state index contributed by atoms with van der Waals surface area (Å²) in [6, 6.07) is 5.76. The Morgan fingerprint density at radius 3 is 2.60 bits per heavy atom. The molecule has 1 aliphatic rings. The van der Waals surface area contributed by atoms with E-state index >= 15 is 0 Å². The highest BCUT2D eigenvalue weighted by Gasteiger charge is 2.35. The smallest absolute Gasteiger partial charge is 0.126 e. The molecule has 2 heterocycles. The number of likely N-dealkylation sites (N-methyl/N-ethyl adjacent to an activating group) is 1. The van der Waals surface area contributed by atoms with Gasteiger partial charge in [0.15, 0.2) is 0 Å². The third-order valence-corrected chi connectivity index (χ3v) is 4.36. The summed E-state index contributed by atoms with van der Waals surface area (Å²) >= 11 is 0. The summed E-state index contributed by atoms with van der Waals surface area (Å²) in [7, 11) is 6.48. The molecule has 0 saturated carbocycles. The summed E-state index contributed by atoms with van der Waals surface area (Å²) in [5, 5.41) is 12.2. The Bertz CT molecular complexity index is 466. The van der Waals surface area contributed by atoms with E-state index in [2.05, 4.69) is 47.3 Å². The molecule has 1 fully saturated rings. The van der Waals surface area contributed by atoms with Crippen LogP contribution in [0.5, 0.6) is 0 Å². The molecule has 0 amide bonds. The third kappa shape index (κ3) is 3.27. The van der Waals surface area contributed by atoms with Crippen LogP contribution in [-0.2, 0) is 0 Å². The zero-order chi connectivity index (χ0) is 14.6. The van der Waals surface area contributed by atoms with Crippen LogP contribution in [0.3, 0.4) is 0 Å². The number of nitrogens with zero attached hydrogens (tertiary/aromatic N) is 4. The lowest BCUT2D eigenvalue weighted by Gasteiger charge is -2.45. The van der Waals surface area contributed by atoms with Crippen LogP contribution in [0.1, 0.15) is 18.4 Å². The molecule has 5 nitrogen and oxygen atoms in total. The first kappa shape index (κ1) is 14.8. The number of hydrogen-bond acceptors (Lipinski definition) is 5. The maximum Gasteiger partial charge on any atom is 0.126 e. The van der Waals surface area contributed by atoms with E-state index in [1.807, 2.05) is 6.07 Å². The van der Waals surface area contributed by atoms with Crippen LogP contribution >= 0.6 is 0 Å². The fourth-order valence-corrected chi connectivity index (χ4v) is 2.64. The molecular formula is C15H23N5. The monoisotopic (exact) mass is 273 g/mol. The predicted molar refractivity (Wildman–Crippen MR) is 80.6 cm³/mol. The number of anilines is 1. The molecule has 0 atom stereocenters. The highest BCUT2D eigenvalue weighted by Crippen LogP contribution is 2.26. The van der Waals surface area contributed by atoms with Gasteiger partial charge in [-0.15, -0.1) is 0 Å². The van der Waals surface area contributed by atoms with Gasteiger partial charge in [-0.3, -0.25) is 0 Å². The van der Waals surface area contributed by atoms with Crippen LogP contribution in [0.4, 0.5) is 5.82 Å². The largest absolute Gasteiger partial charge is 0.368 e. The maximum atomic E-state index is 8.78. The number of hydrogen-bond donors (Lipinski definition) is 1. The normalized spacial score (nSPS) is 18.8. The van der Waals surface area contributed by atoms with Crippen molar-refractivity contribution < 1.29 is 0 Å². The van der Waals surface area contributed by atoms with Crippen molar-refractivity contribution in [3.05, 3.63) is 23.9 Å². The van der Waals surface area contributed by atoms with Gasteiger partial charge in [0.25, 0.3) is 0 Å². The zero-order valence-electron chi connectivity index (χ0n) is 12.6. The standard InChI is InChI=1S/C15H23N5/c1-19(2)15(6-8-20(3)9-7-15)12-18-14-5-4-13(10-16)11-17-14/h4-5,11H,6-9,12H2,1-3H3,(H,17,18). The summed E-state index contributed by atoms with van der Waals surface area (Å²) < 4.78 is 0. The van der Waals surface area contributed by atoms with E-state index in [4.69, 9.17) is 5.26 Å². The lowest BCUT2D eigenvalue weighted by Crippen LogP contribution is -2.55. The van der Waals surface area contributed by atoms with Gasteiger partial charge in [-0.25, -0.2) is 4.98 Å². The van der Waals surface area contributed by atoms with Gasteiger partial charge in [-0.2, -0.15) is 5.26 Å². The van der Waals surface area contributed by atoms with Gasteiger partial charge < -0.3 is 15.1 Å². The Labute approximate surface area is 121 Å². The first-order chi connectivity index (χ1) is 9.55. The predicted octanol–water partition coefficient (Wildman–Crippen LogP) is 1.39. The summed E-state index contributed by atoms with van der Waals surface area (Å²) in [6.07, 6.45) is 3.92. The van der Waals surface area contributed by atoms with E-state index in [0.29, 0.717) is 5.56 Å². The minimum absolute atomic E-state index is 0.183. The molecule has 0 aromatic carbocycles. The molecule has 1 aromatic rings. The molecule has 20 heavy (non-hydrogen) atoms. The number of pyridine rings is 1. The molecule has 1 aromatic heterocycles. The summed E-state index contributed by atoms with van der Waals surface area (Å²) in [5.41, 5.74) is 0.777. The molecular weight excluding hydrogens is 250 g/mol. The SMILES string of the molecule is CN1CCC(CNc2ccc(C#N)cn2)(N(C)C)CC1. The molecule has 0 unspecified atom stereocenters. The van der Waals surface area contributed by atoms with Gasteiger partial charge in [0.1, 0.15) is 11.9 Å². The van der Waals surface area contributed by atoms with Crippen molar-refractivity contribution in [3.8, 4) is 6.07 Å². The molecule has 1 saturated heterocycles. The van der Waals surface area contributed by atoms with E-state index < -0.39 is 0 Å². The Kier molecular flexibility index (Phi) is 4.58. The van der Waals surface area contributed by atoms with Crippen LogP contribution in [0.15, 0.2) is 18.3 Å². The Hall–Kier alpha value is -1.64. The number of nitrogens with one attached hydrogen (secondary N) is 1. The van der Waals surface area contributed by atoms with Gasteiger partial charge in [0.2, 0.25) is 0 Å². The average Bonchev–Trinajstić information content (AvgIpc) is 2.47. The van der Waals surface area contributed by atoms with E-state index in [0.717, 1.165) is 38.3 Å². The average molecular weight is 273 g/mol. The van der Waals surface area contributed by atoms with Gasteiger partial charge >= 0.3 is 0 Å².